The van der Waals surface area contributed by atoms with E-state index in [0.717, 1.165) is 91.4 Å². The van der Waals surface area contributed by atoms with Gasteiger partial charge in [-0.25, -0.2) is 4.79 Å². The van der Waals surface area contributed by atoms with E-state index >= 15 is 0 Å². The Balaban J connectivity index is 0.977. The van der Waals surface area contributed by atoms with E-state index in [-0.39, 0.29) is 31.3 Å². The SMILES string of the molecule is CCCCC[C@H](CC[C@H]1[C@@H]2Cc3cccc(OCC(=O)OCc4ccccc4)c3C[C@@H]2C[C@@H]1O)OC1O[C@H](CC)[C@@H](OCc2ccccc2)[C@H](OCc2ccccc2)[C@H]1OCc1ccccc1. The van der Waals surface area contributed by atoms with Crippen molar-refractivity contribution in [3.05, 3.63) is 173 Å². The Hall–Kier alpha value is -4.87. The van der Waals surface area contributed by atoms with Gasteiger partial charge in [-0.2, -0.15) is 0 Å². The molecule has 356 valence electrons. The van der Waals surface area contributed by atoms with Crippen LogP contribution in [-0.2, 0) is 72.5 Å². The van der Waals surface area contributed by atoms with Gasteiger partial charge in [0.2, 0.25) is 0 Å². The van der Waals surface area contributed by atoms with Crippen LogP contribution < -0.4 is 4.74 Å². The highest BCUT2D eigenvalue weighted by atomic mass is 16.7. The van der Waals surface area contributed by atoms with Crippen molar-refractivity contribution >= 4 is 5.97 Å². The molecule has 8 rings (SSSR count). The van der Waals surface area contributed by atoms with Crippen molar-refractivity contribution < 1.29 is 43.1 Å². The van der Waals surface area contributed by atoms with Crippen molar-refractivity contribution in [1.29, 1.82) is 0 Å². The first-order chi connectivity index (χ1) is 32.9. The van der Waals surface area contributed by atoms with Crippen molar-refractivity contribution in [3.63, 3.8) is 0 Å². The number of rotatable bonds is 24. The van der Waals surface area contributed by atoms with Gasteiger partial charge in [-0.05, 0) is 102 Å². The Morgan fingerprint density at radius 3 is 1.84 bits per heavy atom. The third kappa shape index (κ3) is 13.4. The van der Waals surface area contributed by atoms with E-state index in [9.17, 15) is 9.90 Å². The fourth-order valence-electron chi connectivity index (χ4n) is 10.5. The summed E-state index contributed by atoms with van der Waals surface area (Å²) in [5.74, 6) is 1.12. The zero-order valence-corrected chi connectivity index (χ0v) is 39.4. The Kier molecular flexibility index (Phi) is 18.1. The van der Waals surface area contributed by atoms with Crippen LogP contribution in [0.2, 0.25) is 0 Å². The Morgan fingerprint density at radius 2 is 1.24 bits per heavy atom. The highest BCUT2D eigenvalue weighted by Gasteiger charge is 2.50. The van der Waals surface area contributed by atoms with Gasteiger partial charge in [0.05, 0.1) is 38.1 Å². The molecule has 1 aliphatic heterocycles. The van der Waals surface area contributed by atoms with Crippen LogP contribution >= 0.6 is 0 Å². The number of hydrogen-bond donors (Lipinski definition) is 1. The van der Waals surface area contributed by atoms with Gasteiger partial charge in [-0.3, -0.25) is 0 Å². The second kappa shape index (κ2) is 24.9. The summed E-state index contributed by atoms with van der Waals surface area (Å²) in [5, 5.41) is 11.8. The second-order valence-electron chi connectivity index (χ2n) is 18.7. The summed E-state index contributed by atoms with van der Waals surface area (Å²) >= 11 is 0. The molecule has 10 atom stereocenters. The number of carbonyl (C=O) groups is 1. The topological polar surface area (TPSA) is 102 Å². The highest BCUT2D eigenvalue weighted by molar-refractivity contribution is 5.71. The number of aliphatic hydroxyl groups excluding tert-OH is 1. The van der Waals surface area contributed by atoms with E-state index in [1.807, 2.05) is 97.1 Å². The van der Waals surface area contributed by atoms with Gasteiger partial charge in [0.25, 0.3) is 0 Å². The van der Waals surface area contributed by atoms with E-state index in [4.69, 9.17) is 33.2 Å². The zero-order valence-electron chi connectivity index (χ0n) is 39.4. The van der Waals surface area contributed by atoms with Crippen LogP contribution in [0.4, 0.5) is 0 Å². The van der Waals surface area contributed by atoms with E-state index < -0.39 is 36.7 Å². The predicted octanol–water partition coefficient (Wildman–Crippen LogP) is 11.2. The summed E-state index contributed by atoms with van der Waals surface area (Å²) in [6.45, 7) is 5.61. The second-order valence-corrected chi connectivity index (χ2v) is 18.7. The lowest BCUT2D eigenvalue weighted by Gasteiger charge is -2.46. The molecular weight excluding hydrogens is 841 g/mol. The smallest absolute Gasteiger partial charge is 0.344 e. The Morgan fingerprint density at radius 1 is 0.657 bits per heavy atom. The van der Waals surface area contributed by atoms with Gasteiger partial charge in [0, 0.05) is 0 Å². The van der Waals surface area contributed by atoms with Crippen molar-refractivity contribution in [3.8, 4) is 5.75 Å². The van der Waals surface area contributed by atoms with Crippen LogP contribution in [0.15, 0.2) is 140 Å². The van der Waals surface area contributed by atoms with Crippen molar-refractivity contribution in [2.24, 2.45) is 17.8 Å². The summed E-state index contributed by atoms with van der Waals surface area (Å²) in [4.78, 5) is 12.7. The molecule has 1 heterocycles. The first-order valence-corrected chi connectivity index (χ1v) is 24.8. The fraction of sp³-hybridized carbons (Fsp3) is 0.466. The van der Waals surface area contributed by atoms with E-state index in [1.54, 1.807) is 0 Å². The third-order valence-electron chi connectivity index (χ3n) is 14.1. The first kappa shape index (κ1) is 48.6. The number of unbranched alkanes of at least 4 members (excludes halogenated alkanes) is 2. The van der Waals surface area contributed by atoms with Crippen LogP contribution in [0.1, 0.15) is 98.6 Å². The summed E-state index contributed by atoms with van der Waals surface area (Å²) in [6.07, 6.45) is 5.90. The van der Waals surface area contributed by atoms with Crippen LogP contribution in [-0.4, -0.2) is 60.6 Å². The molecule has 0 amide bonds. The molecular formula is C58H70O9. The average molecular weight is 911 g/mol. The number of hydrogen-bond acceptors (Lipinski definition) is 9. The molecule has 67 heavy (non-hydrogen) atoms. The predicted molar refractivity (Wildman–Crippen MR) is 259 cm³/mol. The summed E-state index contributed by atoms with van der Waals surface area (Å²) in [7, 11) is 0. The Labute approximate surface area is 398 Å². The number of carbonyl (C=O) groups excluding carboxylic acids is 1. The first-order valence-electron chi connectivity index (χ1n) is 24.8. The minimum absolute atomic E-state index is 0.114. The molecule has 2 aliphatic carbocycles. The zero-order chi connectivity index (χ0) is 46.2. The Bertz CT molecular complexity index is 2210. The number of aliphatic hydroxyl groups is 1. The summed E-state index contributed by atoms with van der Waals surface area (Å²) in [5.41, 5.74) is 6.52. The van der Waals surface area contributed by atoms with Gasteiger partial charge in [-0.15, -0.1) is 0 Å². The van der Waals surface area contributed by atoms with Gasteiger partial charge >= 0.3 is 5.97 Å². The van der Waals surface area contributed by atoms with Gasteiger partial charge in [0.1, 0.15) is 30.7 Å². The molecule has 0 bridgehead atoms. The van der Waals surface area contributed by atoms with Crippen molar-refractivity contribution in [2.45, 2.75) is 147 Å². The van der Waals surface area contributed by atoms with E-state index in [1.165, 1.54) is 5.56 Å². The fourth-order valence-corrected chi connectivity index (χ4v) is 10.5. The molecule has 1 saturated carbocycles. The monoisotopic (exact) mass is 911 g/mol. The molecule has 0 radical (unpaired) electrons. The number of ether oxygens (including phenoxy) is 7. The summed E-state index contributed by atoms with van der Waals surface area (Å²) < 4.78 is 46.5. The van der Waals surface area contributed by atoms with E-state index in [0.29, 0.717) is 38.1 Å². The van der Waals surface area contributed by atoms with Crippen molar-refractivity contribution in [2.75, 3.05) is 6.61 Å². The molecule has 2 fully saturated rings. The van der Waals surface area contributed by atoms with Crippen LogP contribution in [0, 0.1) is 17.8 Å². The lowest BCUT2D eigenvalue weighted by Crippen LogP contribution is -2.61. The summed E-state index contributed by atoms with van der Waals surface area (Å²) in [6, 6.07) is 46.5. The van der Waals surface area contributed by atoms with Crippen LogP contribution in [0.5, 0.6) is 5.75 Å². The van der Waals surface area contributed by atoms with Gasteiger partial charge in [0.15, 0.2) is 12.9 Å². The molecule has 0 spiro atoms. The lowest BCUT2D eigenvalue weighted by atomic mass is 9.73. The maximum atomic E-state index is 12.7. The molecule has 3 aliphatic rings. The minimum Gasteiger partial charge on any atom is -0.482 e. The molecule has 5 aromatic rings. The maximum Gasteiger partial charge on any atom is 0.344 e. The molecule has 9 heteroatoms. The minimum atomic E-state index is -0.700. The van der Waals surface area contributed by atoms with Crippen LogP contribution in [0.25, 0.3) is 0 Å². The number of benzene rings is 5. The molecule has 9 nitrogen and oxygen atoms in total. The molecule has 5 aromatic carbocycles. The quantitative estimate of drug-likeness (QED) is 0.0479. The highest BCUT2D eigenvalue weighted by Crippen LogP contribution is 2.49. The molecule has 1 N–H and O–H groups in total. The molecule has 0 aromatic heterocycles. The molecule has 1 unspecified atom stereocenters. The van der Waals surface area contributed by atoms with E-state index in [2.05, 4.69) is 56.3 Å². The van der Waals surface area contributed by atoms with Gasteiger partial charge < -0.3 is 38.3 Å². The van der Waals surface area contributed by atoms with Crippen LogP contribution in [0.3, 0.4) is 0 Å². The van der Waals surface area contributed by atoms with Gasteiger partial charge in [-0.1, -0.05) is 167 Å². The normalized spacial score (nSPS) is 24.9. The average Bonchev–Trinajstić information content (AvgIpc) is 3.68. The largest absolute Gasteiger partial charge is 0.482 e. The lowest BCUT2D eigenvalue weighted by molar-refractivity contribution is -0.332. The maximum absolute atomic E-state index is 12.7. The number of esters is 1. The molecule has 1 saturated heterocycles. The third-order valence-corrected chi connectivity index (χ3v) is 14.1. The van der Waals surface area contributed by atoms with Crippen molar-refractivity contribution in [1.82, 2.24) is 0 Å². The number of fused-ring (bicyclic) bond motifs is 2. The standard InChI is InChI=1S/C58H70O9/c1-3-5-10-29-47(31-32-48-49-33-45-28-19-30-53(50(45)34-46(49)35-51(48)59)61-40-54(60)62-36-41-20-11-6-12-21-41)66-58-57(65-39-44-26-17-9-18-27-44)56(64-38-43-24-15-8-16-25-43)55(52(4-2)67-58)63-37-42-22-13-7-14-23-42/h6-9,11-28,30,46-49,51-52,55-59H,3-5,10,29,31-40H2,1-2H3/t46-,47-,48+,49-,51+,52-,55-,56+,57-,58?/m1/s1.